The molecule has 0 aliphatic rings. The van der Waals surface area contributed by atoms with E-state index in [1.54, 1.807) is 14.2 Å². The molecular formula is C16H18O2. The maximum atomic E-state index is 5.72. The van der Waals surface area contributed by atoms with Gasteiger partial charge in [-0.3, -0.25) is 0 Å². The SMILES string of the molecule is COC(OC)(c1ccccc1)c1ccccc1C. The molecule has 0 aliphatic heterocycles. The predicted molar refractivity (Wildman–Crippen MR) is 72.4 cm³/mol. The summed E-state index contributed by atoms with van der Waals surface area (Å²) in [5, 5.41) is 0. The maximum Gasteiger partial charge on any atom is 0.222 e. The molecule has 18 heavy (non-hydrogen) atoms. The highest BCUT2D eigenvalue weighted by atomic mass is 16.7. The highest BCUT2D eigenvalue weighted by molar-refractivity contribution is 5.38. The van der Waals surface area contributed by atoms with Crippen LogP contribution in [0.3, 0.4) is 0 Å². The van der Waals surface area contributed by atoms with Gasteiger partial charge in [0.25, 0.3) is 0 Å². The molecule has 0 aromatic heterocycles. The summed E-state index contributed by atoms with van der Waals surface area (Å²) >= 11 is 0. The summed E-state index contributed by atoms with van der Waals surface area (Å²) in [5.74, 6) is -0.841. The van der Waals surface area contributed by atoms with Gasteiger partial charge in [-0.1, -0.05) is 54.6 Å². The number of hydrogen-bond acceptors (Lipinski definition) is 2. The third-order valence-electron chi connectivity index (χ3n) is 3.23. The van der Waals surface area contributed by atoms with Crippen LogP contribution in [0.25, 0.3) is 0 Å². The van der Waals surface area contributed by atoms with Crippen molar-refractivity contribution in [2.75, 3.05) is 14.2 Å². The van der Waals surface area contributed by atoms with Gasteiger partial charge in [0.05, 0.1) is 0 Å². The van der Waals surface area contributed by atoms with Gasteiger partial charge in [-0.25, -0.2) is 0 Å². The van der Waals surface area contributed by atoms with E-state index in [1.165, 1.54) is 0 Å². The summed E-state index contributed by atoms with van der Waals surface area (Å²) in [7, 11) is 3.34. The van der Waals surface area contributed by atoms with E-state index in [2.05, 4.69) is 13.0 Å². The number of benzene rings is 2. The molecule has 0 heterocycles. The van der Waals surface area contributed by atoms with Gasteiger partial charge >= 0.3 is 0 Å². The zero-order chi connectivity index (χ0) is 13.0. The second kappa shape index (κ2) is 5.34. The van der Waals surface area contributed by atoms with Crippen molar-refractivity contribution in [1.29, 1.82) is 0 Å². The molecule has 0 bridgehead atoms. The Kier molecular flexibility index (Phi) is 3.80. The number of ether oxygens (including phenoxy) is 2. The van der Waals surface area contributed by atoms with Crippen molar-refractivity contribution in [1.82, 2.24) is 0 Å². The number of aryl methyl sites for hydroxylation is 1. The second-order valence-electron chi connectivity index (χ2n) is 4.21. The first kappa shape index (κ1) is 12.8. The van der Waals surface area contributed by atoms with Gasteiger partial charge in [-0.2, -0.15) is 0 Å². The Morgan fingerprint density at radius 3 is 1.89 bits per heavy atom. The van der Waals surface area contributed by atoms with Crippen LogP contribution in [0.1, 0.15) is 16.7 Å². The van der Waals surface area contributed by atoms with Gasteiger partial charge in [0.15, 0.2) is 0 Å². The molecule has 0 N–H and O–H groups in total. The molecule has 0 saturated heterocycles. The third kappa shape index (κ3) is 2.05. The first-order valence-electron chi connectivity index (χ1n) is 5.96. The number of methoxy groups -OCH3 is 2. The monoisotopic (exact) mass is 242 g/mol. The van der Waals surface area contributed by atoms with Gasteiger partial charge in [-0.05, 0) is 12.5 Å². The van der Waals surface area contributed by atoms with Gasteiger partial charge in [0.2, 0.25) is 5.79 Å². The van der Waals surface area contributed by atoms with E-state index in [-0.39, 0.29) is 0 Å². The van der Waals surface area contributed by atoms with E-state index in [0.717, 1.165) is 16.7 Å². The first-order chi connectivity index (χ1) is 8.74. The molecule has 0 radical (unpaired) electrons. The van der Waals surface area contributed by atoms with Crippen molar-refractivity contribution in [3.8, 4) is 0 Å². The molecule has 94 valence electrons. The average Bonchev–Trinajstić information content (AvgIpc) is 2.44. The molecule has 0 aliphatic carbocycles. The quantitative estimate of drug-likeness (QED) is 0.764. The Bertz CT molecular complexity index is 502. The fourth-order valence-corrected chi connectivity index (χ4v) is 2.29. The lowest BCUT2D eigenvalue weighted by atomic mass is 9.93. The second-order valence-corrected chi connectivity index (χ2v) is 4.21. The predicted octanol–water partition coefficient (Wildman–Crippen LogP) is 3.49. The minimum absolute atomic E-state index is 0.841. The molecule has 0 saturated carbocycles. The van der Waals surface area contributed by atoms with Crippen LogP contribution in [0.2, 0.25) is 0 Å². The van der Waals surface area contributed by atoms with Gasteiger partial charge in [0, 0.05) is 25.3 Å². The van der Waals surface area contributed by atoms with E-state index in [0.29, 0.717) is 0 Å². The fraction of sp³-hybridized carbons (Fsp3) is 0.250. The van der Waals surface area contributed by atoms with Crippen LogP contribution in [-0.4, -0.2) is 14.2 Å². The van der Waals surface area contributed by atoms with Crippen LogP contribution >= 0.6 is 0 Å². The van der Waals surface area contributed by atoms with Crippen LogP contribution in [0.5, 0.6) is 0 Å². The highest BCUT2D eigenvalue weighted by Crippen LogP contribution is 2.35. The molecule has 0 spiro atoms. The van der Waals surface area contributed by atoms with Crippen molar-refractivity contribution >= 4 is 0 Å². The summed E-state index contributed by atoms with van der Waals surface area (Å²) in [4.78, 5) is 0. The lowest BCUT2D eigenvalue weighted by molar-refractivity contribution is -0.184. The summed E-state index contributed by atoms with van der Waals surface area (Å²) in [6.45, 7) is 2.06. The van der Waals surface area contributed by atoms with Crippen LogP contribution in [0, 0.1) is 6.92 Å². The molecule has 2 aromatic rings. The largest absolute Gasteiger partial charge is 0.346 e. The normalized spacial score (nSPS) is 11.5. The summed E-state index contributed by atoms with van der Waals surface area (Å²) in [6.07, 6.45) is 0. The van der Waals surface area contributed by atoms with Crippen LogP contribution in [0.15, 0.2) is 54.6 Å². The molecule has 0 unspecified atom stereocenters. The van der Waals surface area contributed by atoms with Gasteiger partial charge < -0.3 is 9.47 Å². The van der Waals surface area contributed by atoms with Crippen molar-refractivity contribution < 1.29 is 9.47 Å². The van der Waals surface area contributed by atoms with Crippen molar-refractivity contribution in [2.24, 2.45) is 0 Å². The Labute approximate surface area is 108 Å². The molecule has 0 atom stereocenters. The summed E-state index contributed by atoms with van der Waals surface area (Å²) in [5.41, 5.74) is 3.16. The minimum Gasteiger partial charge on any atom is -0.346 e. The standard InChI is InChI=1S/C16H18O2/c1-13-9-7-8-12-15(13)16(17-2,18-3)14-10-5-4-6-11-14/h4-12H,1-3H3. The van der Waals surface area contributed by atoms with Gasteiger partial charge in [0.1, 0.15) is 0 Å². The molecule has 0 amide bonds. The summed E-state index contributed by atoms with van der Waals surface area (Å²) < 4.78 is 11.4. The lowest BCUT2D eigenvalue weighted by Crippen LogP contribution is -2.33. The Morgan fingerprint density at radius 1 is 0.778 bits per heavy atom. The van der Waals surface area contributed by atoms with E-state index in [1.807, 2.05) is 48.5 Å². The third-order valence-corrected chi connectivity index (χ3v) is 3.23. The van der Waals surface area contributed by atoms with Crippen LogP contribution in [0.4, 0.5) is 0 Å². The topological polar surface area (TPSA) is 18.5 Å². The van der Waals surface area contributed by atoms with Crippen LogP contribution < -0.4 is 0 Å². The molecular weight excluding hydrogens is 224 g/mol. The zero-order valence-electron chi connectivity index (χ0n) is 11.0. The molecule has 2 heteroatoms. The molecule has 2 nitrogen and oxygen atoms in total. The van der Waals surface area contributed by atoms with E-state index < -0.39 is 5.79 Å². The zero-order valence-corrected chi connectivity index (χ0v) is 11.0. The van der Waals surface area contributed by atoms with Crippen molar-refractivity contribution in [2.45, 2.75) is 12.7 Å². The smallest absolute Gasteiger partial charge is 0.222 e. The van der Waals surface area contributed by atoms with E-state index >= 15 is 0 Å². The van der Waals surface area contributed by atoms with Crippen molar-refractivity contribution in [3.05, 3.63) is 71.3 Å². The Hall–Kier alpha value is -1.64. The van der Waals surface area contributed by atoms with E-state index in [9.17, 15) is 0 Å². The number of hydrogen-bond donors (Lipinski definition) is 0. The number of rotatable bonds is 4. The molecule has 0 fully saturated rings. The molecule has 2 rings (SSSR count). The summed E-state index contributed by atoms with van der Waals surface area (Å²) in [6, 6.07) is 18.1. The first-order valence-corrected chi connectivity index (χ1v) is 5.96. The Balaban J connectivity index is 2.62. The lowest BCUT2D eigenvalue weighted by Gasteiger charge is -2.33. The van der Waals surface area contributed by atoms with Gasteiger partial charge in [-0.15, -0.1) is 0 Å². The fourth-order valence-electron chi connectivity index (χ4n) is 2.29. The average molecular weight is 242 g/mol. The Morgan fingerprint density at radius 2 is 1.33 bits per heavy atom. The van der Waals surface area contributed by atoms with E-state index in [4.69, 9.17) is 9.47 Å². The maximum absolute atomic E-state index is 5.72. The van der Waals surface area contributed by atoms with Crippen LogP contribution in [-0.2, 0) is 15.3 Å². The molecule has 2 aromatic carbocycles. The van der Waals surface area contributed by atoms with Crippen molar-refractivity contribution in [3.63, 3.8) is 0 Å². The minimum atomic E-state index is -0.841. The highest BCUT2D eigenvalue weighted by Gasteiger charge is 2.35.